The molecule has 0 aromatic heterocycles. The van der Waals surface area contributed by atoms with E-state index in [0.29, 0.717) is 32.1 Å². The normalized spacial score (nSPS) is 45.6. The number of hydrogen-bond acceptors (Lipinski definition) is 5. The van der Waals surface area contributed by atoms with Crippen LogP contribution in [0.2, 0.25) is 0 Å². The lowest BCUT2D eigenvalue weighted by Gasteiger charge is -2.65. The second kappa shape index (κ2) is 9.71. The fourth-order valence-electron chi connectivity index (χ4n) is 8.62. The van der Waals surface area contributed by atoms with E-state index in [9.17, 15) is 14.7 Å². The molecule has 4 saturated carbocycles. The molecule has 4 fully saturated rings. The van der Waals surface area contributed by atoms with E-state index in [4.69, 9.17) is 9.47 Å². The van der Waals surface area contributed by atoms with Crippen molar-refractivity contribution in [1.82, 2.24) is 0 Å². The van der Waals surface area contributed by atoms with Gasteiger partial charge >= 0.3 is 11.9 Å². The molecule has 0 heterocycles. The summed E-state index contributed by atoms with van der Waals surface area (Å²) in [5.41, 5.74) is -2.65. The lowest BCUT2D eigenvalue weighted by atomic mass is 9.42. The molecule has 6 heteroatoms. The summed E-state index contributed by atoms with van der Waals surface area (Å²) in [6, 6.07) is 0. The summed E-state index contributed by atoms with van der Waals surface area (Å²) in [5.74, 6) is -0.426. The summed E-state index contributed by atoms with van der Waals surface area (Å²) in [4.78, 5) is 24.0. The number of unbranched alkanes of at least 4 members (excludes halogenated alkanes) is 3. The number of aliphatic hydroxyl groups is 1. The van der Waals surface area contributed by atoms with Crippen molar-refractivity contribution in [3.8, 4) is 0 Å². The number of fused-ring (bicyclic) bond motifs is 5. The number of carbonyl (C=O) groups excluding carboxylic acids is 2. The Hall–Kier alpha value is -1.17. The lowest BCUT2D eigenvalue weighted by Crippen LogP contribution is -2.69. The maximum atomic E-state index is 17.3. The molecule has 0 bridgehead atoms. The number of aliphatic hydroxyl groups excluding tert-OH is 1. The summed E-state index contributed by atoms with van der Waals surface area (Å²) >= 11 is 0. The van der Waals surface area contributed by atoms with Crippen LogP contribution in [-0.2, 0) is 19.1 Å². The first kappa shape index (κ1) is 25.9. The molecule has 0 amide bonds. The molecular weight excluding hydrogens is 435 g/mol. The van der Waals surface area contributed by atoms with Gasteiger partial charge in [-0.25, -0.2) is 4.39 Å². The van der Waals surface area contributed by atoms with Crippen LogP contribution < -0.4 is 0 Å². The fourth-order valence-corrected chi connectivity index (χ4v) is 8.62. The molecule has 0 aromatic rings. The van der Waals surface area contributed by atoms with Gasteiger partial charge in [0.05, 0.1) is 6.10 Å². The first-order valence-corrected chi connectivity index (χ1v) is 13.8. The Bertz CT molecular complexity index is 772. The largest absolute Gasteiger partial charge is 0.463 e. The van der Waals surface area contributed by atoms with Crippen LogP contribution in [0.4, 0.5) is 4.39 Å². The summed E-state index contributed by atoms with van der Waals surface area (Å²) in [5, 5.41) is 11.4. The van der Waals surface area contributed by atoms with Gasteiger partial charge in [-0.15, -0.1) is 0 Å². The van der Waals surface area contributed by atoms with Gasteiger partial charge in [0.1, 0.15) is 17.9 Å². The third-order valence-corrected chi connectivity index (χ3v) is 10.4. The van der Waals surface area contributed by atoms with E-state index in [1.165, 1.54) is 6.92 Å². The molecule has 4 rings (SSSR count). The van der Waals surface area contributed by atoms with Gasteiger partial charge in [0.25, 0.3) is 0 Å². The first-order chi connectivity index (χ1) is 16.1. The zero-order valence-electron chi connectivity index (χ0n) is 21.6. The second-order valence-electron chi connectivity index (χ2n) is 12.3. The minimum absolute atomic E-state index is 0.101. The van der Waals surface area contributed by atoms with E-state index in [1.54, 1.807) is 0 Å². The van der Waals surface area contributed by atoms with Crippen LogP contribution in [0.1, 0.15) is 111 Å². The zero-order chi connectivity index (χ0) is 24.7. The molecule has 5 nitrogen and oxygen atoms in total. The van der Waals surface area contributed by atoms with Crippen molar-refractivity contribution < 1.29 is 28.6 Å². The van der Waals surface area contributed by atoms with Crippen molar-refractivity contribution >= 4 is 11.9 Å². The third kappa shape index (κ3) is 4.20. The maximum absolute atomic E-state index is 17.3. The lowest BCUT2D eigenvalue weighted by molar-refractivity contribution is -0.254. The van der Waals surface area contributed by atoms with Gasteiger partial charge in [0.2, 0.25) is 0 Å². The van der Waals surface area contributed by atoms with Crippen LogP contribution in [0.15, 0.2) is 0 Å². The number of carbonyl (C=O) groups is 2. The fraction of sp³-hybridized carbons (Fsp3) is 0.929. The molecule has 0 aromatic carbocycles. The van der Waals surface area contributed by atoms with Gasteiger partial charge in [-0.1, -0.05) is 40.0 Å². The average Bonchev–Trinajstić information content (AvgIpc) is 3.08. The Morgan fingerprint density at radius 1 is 1.00 bits per heavy atom. The van der Waals surface area contributed by atoms with E-state index in [1.807, 2.05) is 6.92 Å². The van der Waals surface area contributed by atoms with Gasteiger partial charge in [-0.3, -0.25) is 9.59 Å². The summed E-state index contributed by atoms with van der Waals surface area (Å²) in [7, 11) is 0. The van der Waals surface area contributed by atoms with Gasteiger partial charge in [0.15, 0.2) is 0 Å². The standard InChI is InChI=1S/C28H45FO5/c1-5-6-7-8-9-25(32)34-24-13-12-21-22-11-10-19-16-20(33-18(2)30)14-15-27(19,4)28(22,29)23(31)17-26(21,24)3/h19-24,31H,5-17H2,1-4H3/t19?,20-,21?,22?,23-,24-,26-,27-,28-/m0/s1. The molecular formula is C28H45FO5. The third-order valence-electron chi connectivity index (χ3n) is 10.4. The van der Waals surface area contributed by atoms with E-state index in [-0.39, 0.29) is 47.3 Å². The Kier molecular flexibility index (Phi) is 7.40. The average molecular weight is 481 g/mol. The number of alkyl halides is 1. The quantitative estimate of drug-likeness (QED) is 0.362. The van der Waals surface area contributed by atoms with Gasteiger partial charge in [0, 0.05) is 24.2 Å². The minimum Gasteiger partial charge on any atom is -0.463 e. The Morgan fingerprint density at radius 3 is 2.44 bits per heavy atom. The smallest absolute Gasteiger partial charge is 0.306 e. The maximum Gasteiger partial charge on any atom is 0.306 e. The van der Waals surface area contributed by atoms with E-state index in [2.05, 4.69) is 13.8 Å². The monoisotopic (exact) mass is 480 g/mol. The van der Waals surface area contributed by atoms with E-state index in [0.717, 1.165) is 51.4 Å². The molecule has 4 aliphatic rings. The van der Waals surface area contributed by atoms with Crippen LogP contribution in [0.3, 0.4) is 0 Å². The molecule has 194 valence electrons. The van der Waals surface area contributed by atoms with Crippen molar-refractivity contribution in [2.75, 3.05) is 0 Å². The van der Waals surface area contributed by atoms with Gasteiger partial charge in [-0.05, 0) is 75.5 Å². The minimum atomic E-state index is -1.65. The highest BCUT2D eigenvalue weighted by molar-refractivity contribution is 5.69. The topological polar surface area (TPSA) is 72.8 Å². The van der Waals surface area contributed by atoms with Crippen LogP contribution in [-0.4, -0.2) is 41.0 Å². The molecule has 0 radical (unpaired) electrons. The van der Waals surface area contributed by atoms with Gasteiger partial charge in [-0.2, -0.15) is 0 Å². The number of halogens is 1. The summed E-state index contributed by atoms with van der Waals surface area (Å²) in [6.45, 7) is 7.73. The number of rotatable bonds is 7. The number of hydrogen-bond donors (Lipinski definition) is 1. The molecule has 0 spiro atoms. The molecule has 0 saturated heterocycles. The van der Waals surface area contributed by atoms with Crippen molar-refractivity contribution in [3.05, 3.63) is 0 Å². The number of esters is 2. The Morgan fingerprint density at radius 2 is 1.74 bits per heavy atom. The Labute approximate surface area is 204 Å². The van der Waals surface area contributed by atoms with Crippen LogP contribution >= 0.6 is 0 Å². The van der Waals surface area contributed by atoms with E-state index >= 15 is 4.39 Å². The van der Waals surface area contributed by atoms with Crippen molar-refractivity contribution in [2.45, 2.75) is 135 Å². The molecule has 34 heavy (non-hydrogen) atoms. The van der Waals surface area contributed by atoms with Gasteiger partial charge < -0.3 is 14.6 Å². The van der Waals surface area contributed by atoms with E-state index < -0.39 is 17.2 Å². The predicted molar refractivity (Wildman–Crippen MR) is 128 cm³/mol. The van der Waals surface area contributed by atoms with Crippen LogP contribution in [0, 0.1) is 28.6 Å². The van der Waals surface area contributed by atoms with Crippen molar-refractivity contribution in [1.29, 1.82) is 0 Å². The molecule has 3 unspecified atom stereocenters. The molecule has 0 aliphatic heterocycles. The number of ether oxygens (including phenoxy) is 2. The van der Waals surface area contributed by atoms with Crippen LogP contribution in [0.5, 0.6) is 0 Å². The summed E-state index contributed by atoms with van der Waals surface area (Å²) < 4.78 is 28.8. The molecule has 1 N–H and O–H groups in total. The highest BCUT2D eigenvalue weighted by atomic mass is 19.1. The predicted octanol–water partition coefficient (Wildman–Crippen LogP) is 5.91. The molecule has 9 atom stereocenters. The van der Waals surface area contributed by atoms with Crippen LogP contribution in [0.25, 0.3) is 0 Å². The highest BCUT2D eigenvalue weighted by Crippen LogP contribution is 2.69. The first-order valence-electron chi connectivity index (χ1n) is 13.8. The molecule has 4 aliphatic carbocycles. The van der Waals surface area contributed by atoms with Crippen molar-refractivity contribution in [3.63, 3.8) is 0 Å². The highest BCUT2D eigenvalue weighted by Gasteiger charge is 2.72. The van der Waals surface area contributed by atoms with Crippen molar-refractivity contribution in [2.24, 2.45) is 28.6 Å². The second-order valence-corrected chi connectivity index (χ2v) is 12.3. The summed E-state index contributed by atoms with van der Waals surface area (Å²) in [6.07, 6.45) is 8.69. The Balaban J connectivity index is 1.48. The SMILES string of the molecule is CCCCCCC(=O)O[C@H]1CCC2C3CCC4C[C@@H](OC(C)=O)CC[C@]4(C)[C@@]3(F)[C@@H](O)C[C@@]21C. The zero-order valence-corrected chi connectivity index (χ0v) is 21.6.